The van der Waals surface area contributed by atoms with Crippen molar-refractivity contribution in [3.05, 3.63) is 69.8 Å². The van der Waals surface area contributed by atoms with Crippen molar-refractivity contribution in [2.75, 3.05) is 19.6 Å². The molecule has 6 nitrogen and oxygen atoms in total. The van der Waals surface area contributed by atoms with Crippen LogP contribution in [0.25, 0.3) is 17.0 Å². The summed E-state index contributed by atoms with van der Waals surface area (Å²) >= 11 is 0.709. The van der Waals surface area contributed by atoms with Gasteiger partial charge in [-0.1, -0.05) is 19.1 Å². The van der Waals surface area contributed by atoms with Crippen LogP contribution in [0.1, 0.15) is 35.6 Å². The highest BCUT2D eigenvalue weighted by molar-refractivity contribution is 8.18. The summed E-state index contributed by atoms with van der Waals surface area (Å²) in [6.45, 7) is 2.85. The molecule has 3 aromatic rings. The van der Waals surface area contributed by atoms with Gasteiger partial charge in [0.05, 0.1) is 40.3 Å². The number of imide groups is 1. The molecule has 2 fully saturated rings. The van der Waals surface area contributed by atoms with Gasteiger partial charge < -0.3 is 4.90 Å². The molecule has 41 heavy (non-hydrogen) atoms. The van der Waals surface area contributed by atoms with Gasteiger partial charge in [0, 0.05) is 18.5 Å². The number of aromatic nitrogens is 2. The van der Waals surface area contributed by atoms with E-state index in [-0.39, 0.29) is 23.1 Å². The molecule has 2 atom stereocenters. The van der Waals surface area contributed by atoms with E-state index in [2.05, 4.69) is 5.10 Å². The zero-order valence-electron chi connectivity index (χ0n) is 21.5. The van der Waals surface area contributed by atoms with Crippen molar-refractivity contribution in [3.63, 3.8) is 0 Å². The molecule has 14 heteroatoms. The van der Waals surface area contributed by atoms with Crippen LogP contribution in [-0.4, -0.2) is 62.6 Å². The third-order valence-corrected chi connectivity index (χ3v) is 8.10. The van der Waals surface area contributed by atoms with E-state index in [0.29, 0.717) is 53.8 Å². The van der Waals surface area contributed by atoms with Gasteiger partial charge >= 0.3 is 12.4 Å². The molecule has 0 radical (unpaired) electrons. The van der Waals surface area contributed by atoms with Crippen LogP contribution in [0.15, 0.2) is 47.5 Å². The van der Waals surface area contributed by atoms with Crippen LogP contribution in [0.2, 0.25) is 0 Å². The van der Waals surface area contributed by atoms with Gasteiger partial charge in [-0.15, -0.1) is 0 Å². The Labute approximate surface area is 233 Å². The molecule has 0 N–H and O–H groups in total. The summed E-state index contributed by atoms with van der Waals surface area (Å²) in [6, 6.07) is 5.37. The van der Waals surface area contributed by atoms with E-state index in [1.165, 1.54) is 17.0 Å². The molecule has 5 rings (SSSR count). The number of halogens is 7. The van der Waals surface area contributed by atoms with Crippen LogP contribution in [0.3, 0.4) is 0 Å². The van der Waals surface area contributed by atoms with Gasteiger partial charge in [0.25, 0.3) is 11.1 Å². The fourth-order valence-corrected chi connectivity index (χ4v) is 5.97. The predicted molar refractivity (Wildman–Crippen MR) is 139 cm³/mol. The third kappa shape index (κ3) is 5.85. The first-order chi connectivity index (χ1) is 19.3. The zero-order valence-corrected chi connectivity index (χ0v) is 22.3. The Kier molecular flexibility index (Phi) is 7.66. The largest absolute Gasteiger partial charge is 0.416 e. The second-order valence-electron chi connectivity index (χ2n) is 9.80. The quantitative estimate of drug-likeness (QED) is 0.244. The molecule has 0 bridgehead atoms. The Morgan fingerprint density at radius 1 is 1.05 bits per heavy atom. The summed E-state index contributed by atoms with van der Waals surface area (Å²) in [6.07, 6.45) is -8.10. The lowest BCUT2D eigenvalue weighted by atomic mass is 10.0. The molecule has 1 aromatic heterocycles. The number of fused-ring (bicyclic) bond motifs is 1. The van der Waals surface area contributed by atoms with Crippen LogP contribution < -0.4 is 0 Å². The highest BCUT2D eigenvalue weighted by Gasteiger charge is 2.45. The van der Waals surface area contributed by atoms with E-state index in [4.69, 9.17) is 0 Å². The Morgan fingerprint density at radius 2 is 1.80 bits per heavy atom. The van der Waals surface area contributed by atoms with Crippen LogP contribution in [0.5, 0.6) is 0 Å². The highest BCUT2D eigenvalue weighted by Crippen LogP contribution is 2.39. The molecule has 2 aromatic carbocycles. The average Bonchev–Trinajstić information content (AvgIpc) is 3.42. The maximum Gasteiger partial charge on any atom is 0.416 e. The number of carbonyl (C=O) groups is 2. The molecular weight excluding hydrogens is 577 g/mol. The predicted octanol–water partition coefficient (Wildman–Crippen LogP) is 6.59. The van der Waals surface area contributed by atoms with Gasteiger partial charge in [-0.25, -0.2) is 4.39 Å². The number of thioether (sulfide) groups is 1. The molecular formula is C27H23F7N4O2S. The van der Waals surface area contributed by atoms with Crippen molar-refractivity contribution in [2.24, 2.45) is 0 Å². The minimum absolute atomic E-state index is 0.0877. The molecule has 3 heterocycles. The molecule has 2 saturated heterocycles. The van der Waals surface area contributed by atoms with E-state index in [1.54, 1.807) is 18.2 Å². The normalized spacial score (nSPS) is 22.0. The molecule has 2 aliphatic rings. The Morgan fingerprint density at radius 3 is 2.46 bits per heavy atom. The van der Waals surface area contributed by atoms with Gasteiger partial charge in [0.1, 0.15) is 6.17 Å². The van der Waals surface area contributed by atoms with Crippen molar-refractivity contribution < 1.29 is 40.3 Å². The Bertz CT molecular complexity index is 1530. The van der Waals surface area contributed by atoms with Crippen LogP contribution in [-0.2, 0) is 23.7 Å². The molecule has 0 saturated carbocycles. The Balaban J connectivity index is 1.38. The number of piperidine rings is 1. The second-order valence-corrected chi connectivity index (χ2v) is 10.8. The number of hydrogen-bond donors (Lipinski definition) is 0. The van der Waals surface area contributed by atoms with Gasteiger partial charge in [0.15, 0.2) is 0 Å². The maximum atomic E-state index is 14.8. The van der Waals surface area contributed by atoms with E-state index >= 15 is 0 Å². The first-order valence-electron chi connectivity index (χ1n) is 12.6. The molecule has 218 valence electrons. The minimum atomic E-state index is -5.01. The first-order valence-corrected chi connectivity index (χ1v) is 13.4. The van der Waals surface area contributed by atoms with Gasteiger partial charge in [-0.05, 0) is 66.2 Å². The smallest absolute Gasteiger partial charge is 0.301 e. The summed E-state index contributed by atoms with van der Waals surface area (Å²) in [5.41, 5.74) is -2.28. The SMILES string of the molecule is CCN1CC[C@H](N2C(=O)S/C(=C\c3ccc4c(cnn4Cc4ccc(C(F)(F)F)cc4C(F)(F)F)c3)C2=O)[C@@H](F)C1. The highest BCUT2D eigenvalue weighted by atomic mass is 32.2. The number of rotatable bonds is 5. The fraction of sp³-hybridized carbons (Fsp3) is 0.370. The van der Waals surface area contributed by atoms with Crippen LogP contribution in [0.4, 0.5) is 35.5 Å². The van der Waals surface area contributed by atoms with Crippen molar-refractivity contribution in [2.45, 2.75) is 44.5 Å². The van der Waals surface area contributed by atoms with Gasteiger partial charge in [0.2, 0.25) is 0 Å². The first kappa shape index (κ1) is 29.1. The van der Waals surface area contributed by atoms with Gasteiger partial charge in [-0.2, -0.15) is 31.4 Å². The topological polar surface area (TPSA) is 58.4 Å². The van der Waals surface area contributed by atoms with E-state index in [0.717, 1.165) is 11.0 Å². The summed E-state index contributed by atoms with van der Waals surface area (Å²) in [5.74, 6) is -0.588. The average molecular weight is 601 g/mol. The number of nitrogens with zero attached hydrogens (tertiary/aromatic N) is 4. The van der Waals surface area contributed by atoms with Gasteiger partial charge in [-0.3, -0.25) is 19.2 Å². The number of benzene rings is 2. The molecule has 0 aliphatic carbocycles. The molecule has 2 amide bonds. The van der Waals surface area contributed by atoms with Crippen LogP contribution >= 0.6 is 11.8 Å². The molecule has 0 spiro atoms. The molecule has 2 aliphatic heterocycles. The van der Waals surface area contributed by atoms with E-state index < -0.39 is 53.4 Å². The summed E-state index contributed by atoms with van der Waals surface area (Å²) in [4.78, 5) is 28.7. The third-order valence-electron chi connectivity index (χ3n) is 7.22. The van der Waals surface area contributed by atoms with Crippen LogP contribution in [0, 0.1) is 0 Å². The molecule has 0 unspecified atom stereocenters. The lowest BCUT2D eigenvalue weighted by Crippen LogP contribution is -2.53. The summed E-state index contributed by atoms with van der Waals surface area (Å²) < 4.78 is 95.8. The number of likely N-dealkylation sites (tertiary alicyclic amines) is 1. The number of amides is 2. The summed E-state index contributed by atoms with van der Waals surface area (Å²) in [7, 11) is 0. The van der Waals surface area contributed by atoms with Crippen molar-refractivity contribution in [3.8, 4) is 0 Å². The Hall–Kier alpha value is -3.39. The van der Waals surface area contributed by atoms with E-state index in [9.17, 15) is 40.3 Å². The monoisotopic (exact) mass is 600 g/mol. The minimum Gasteiger partial charge on any atom is -0.301 e. The standard InChI is InChI=1S/C27H23F7N4O2S/c1-2-36-8-7-22(20(28)14-36)38-24(39)23(41-25(38)40)10-15-3-6-21-17(9-15)12-35-37(21)13-16-4-5-18(26(29,30)31)11-19(16)27(32,33)34/h3-6,9-12,20,22H,2,7-8,13-14H2,1H3/b23-10-/t20-,22-/m0/s1. The lowest BCUT2D eigenvalue weighted by Gasteiger charge is -2.37. The van der Waals surface area contributed by atoms with Crippen molar-refractivity contribution in [1.29, 1.82) is 0 Å². The fourth-order valence-electron chi connectivity index (χ4n) is 5.09. The van der Waals surface area contributed by atoms with Crippen molar-refractivity contribution in [1.82, 2.24) is 19.6 Å². The van der Waals surface area contributed by atoms with Crippen molar-refractivity contribution >= 4 is 39.9 Å². The summed E-state index contributed by atoms with van der Waals surface area (Å²) in [5, 5.41) is 4.05. The number of carbonyl (C=O) groups excluding carboxylic acids is 2. The van der Waals surface area contributed by atoms with E-state index in [1.807, 2.05) is 11.8 Å². The maximum absolute atomic E-state index is 14.8. The zero-order chi connectivity index (χ0) is 29.7. The number of hydrogen-bond acceptors (Lipinski definition) is 5. The second kappa shape index (κ2) is 10.8. The lowest BCUT2D eigenvalue weighted by molar-refractivity contribution is -0.143. The number of alkyl halides is 7.